The SMILES string of the molecule is COC(=O)[C@@]1(OCCCSCCC(=O)[O-])C[C@@H](O)[C@@H](C)C([C@H](O)[C@H](O)CNC(=O)c2ccc(-c3ccccc3)cc2)O1.[Na+]. The predicted molar refractivity (Wildman–Crippen MR) is 153 cm³/mol. The van der Waals surface area contributed by atoms with Gasteiger partial charge in [0.25, 0.3) is 11.7 Å². The van der Waals surface area contributed by atoms with Crippen molar-refractivity contribution < 1.29 is 78.6 Å². The minimum atomic E-state index is -2.02. The van der Waals surface area contributed by atoms with Gasteiger partial charge in [-0.15, -0.1) is 0 Å². The van der Waals surface area contributed by atoms with Gasteiger partial charge in [-0.05, 0) is 47.6 Å². The van der Waals surface area contributed by atoms with Crippen LogP contribution < -0.4 is 40.0 Å². The molecule has 1 aliphatic rings. The Morgan fingerprint density at radius 3 is 2.37 bits per heavy atom. The number of carbonyl (C=O) groups is 3. The number of nitrogens with one attached hydrogen (secondary N) is 1. The van der Waals surface area contributed by atoms with Crippen LogP contribution in [0.25, 0.3) is 11.1 Å². The van der Waals surface area contributed by atoms with E-state index in [9.17, 15) is 34.8 Å². The van der Waals surface area contributed by atoms with Gasteiger partial charge < -0.3 is 44.7 Å². The molecule has 6 atom stereocenters. The van der Waals surface area contributed by atoms with Crippen molar-refractivity contribution in [3.05, 3.63) is 60.2 Å². The van der Waals surface area contributed by atoms with Crippen molar-refractivity contribution in [1.29, 1.82) is 0 Å². The molecular formula is C30H38NNaO10S. The van der Waals surface area contributed by atoms with E-state index in [0.29, 0.717) is 23.5 Å². The Hall–Kier alpha value is -2.00. The first-order valence-corrected chi connectivity index (χ1v) is 14.9. The number of carboxylic acid groups (broad SMARTS) is 1. The molecule has 1 saturated heterocycles. The quantitative estimate of drug-likeness (QED) is 0.0954. The van der Waals surface area contributed by atoms with Crippen molar-refractivity contribution in [2.24, 2.45) is 5.92 Å². The van der Waals surface area contributed by atoms with E-state index in [2.05, 4.69) is 5.32 Å². The number of thioether (sulfide) groups is 1. The number of aliphatic hydroxyl groups is 3. The molecule has 0 radical (unpaired) electrons. The van der Waals surface area contributed by atoms with Gasteiger partial charge in [-0.1, -0.05) is 49.4 Å². The van der Waals surface area contributed by atoms with E-state index in [1.807, 2.05) is 42.5 Å². The molecule has 3 rings (SSSR count). The molecule has 13 heteroatoms. The first-order valence-electron chi connectivity index (χ1n) is 13.7. The number of hydrogen-bond donors (Lipinski definition) is 4. The smallest absolute Gasteiger partial charge is 0.550 e. The van der Waals surface area contributed by atoms with Crippen LogP contribution in [-0.4, -0.2) is 95.1 Å². The van der Waals surface area contributed by atoms with Gasteiger partial charge in [0.2, 0.25) is 0 Å². The summed E-state index contributed by atoms with van der Waals surface area (Å²) in [6.45, 7) is 1.31. The van der Waals surface area contributed by atoms with E-state index < -0.39 is 54.0 Å². The third kappa shape index (κ3) is 10.5. The summed E-state index contributed by atoms with van der Waals surface area (Å²) in [6.07, 6.45) is -5.35. The summed E-state index contributed by atoms with van der Waals surface area (Å²) in [6, 6.07) is 16.6. The molecule has 1 heterocycles. The Bertz CT molecular complexity index is 1170. The van der Waals surface area contributed by atoms with E-state index in [1.165, 1.54) is 11.8 Å². The number of aliphatic carboxylic acids is 1. The number of hydrogen-bond acceptors (Lipinski definition) is 11. The number of ether oxygens (including phenoxy) is 3. The average Bonchev–Trinajstić information content (AvgIpc) is 3.00. The zero-order valence-corrected chi connectivity index (χ0v) is 27.5. The summed E-state index contributed by atoms with van der Waals surface area (Å²) >= 11 is 1.38. The maximum atomic E-state index is 12.7. The van der Waals surface area contributed by atoms with E-state index in [0.717, 1.165) is 18.2 Å². The first-order chi connectivity index (χ1) is 20.1. The zero-order chi connectivity index (χ0) is 30.7. The summed E-state index contributed by atoms with van der Waals surface area (Å²) in [4.78, 5) is 36.0. The van der Waals surface area contributed by atoms with Crippen LogP contribution in [0.4, 0.5) is 0 Å². The minimum Gasteiger partial charge on any atom is -0.550 e. The predicted octanol–water partition coefficient (Wildman–Crippen LogP) is -2.26. The van der Waals surface area contributed by atoms with Crippen molar-refractivity contribution in [2.75, 3.05) is 31.8 Å². The second-order valence-corrected chi connectivity index (χ2v) is 11.3. The fourth-order valence-electron chi connectivity index (χ4n) is 4.61. The Morgan fingerprint density at radius 1 is 1.09 bits per heavy atom. The molecule has 2 aromatic carbocycles. The Labute approximate surface area is 277 Å². The van der Waals surface area contributed by atoms with Gasteiger partial charge in [-0.3, -0.25) is 4.79 Å². The van der Waals surface area contributed by atoms with E-state index >= 15 is 0 Å². The van der Waals surface area contributed by atoms with Gasteiger partial charge in [0.1, 0.15) is 6.10 Å². The van der Waals surface area contributed by atoms with Gasteiger partial charge in [-0.2, -0.15) is 11.8 Å². The monoisotopic (exact) mass is 627 g/mol. The number of benzene rings is 2. The van der Waals surface area contributed by atoms with Gasteiger partial charge >= 0.3 is 35.5 Å². The van der Waals surface area contributed by atoms with Crippen LogP contribution in [0.3, 0.4) is 0 Å². The van der Waals surface area contributed by atoms with E-state index in [-0.39, 0.29) is 55.6 Å². The molecule has 11 nitrogen and oxygen atoms in total. The molecule has 230 valence electrons. The van der Waals surface area contributed by atoms with Crippen LogP contribution in [0, 0.1) is 5.92 Å². The van der Waals surface area contributed by atoms with Crippen LogP contribution >= 0.6 is 11.8 Å². The third-order valence-electron chi connectivity index (χ3n) is 7.10. The molecule has 1 unspecified atom stereocenters. The average molecular weight is 628 g/mol. The second kappa shape index (κ2) is 18.1. The number of amides is 1. The molecular weight excluding hydrogens is 589 g/mol. The molecule has 1 aliphatic heterocycles. The van der Waals surface area contributed by atoms with Crippen LogP contribution in [-0.2, 0) is 23.8 Å². The maximum Gasteiger partial charge on any atom is 1.00 e. The number of rotatable bonds is 15. The molecule has 43 heavy (non-hydrogen) atoms. The topological polar surface area (TPSA) is 175 Å². The number of carboxylic acids is 1. The van der Waals surface area contributed by atoms with Crippen LogP contribution in [0.15, 0.2) is 54.6 Å². The number of aliphatic hydroxyl groups excluding tert-OH is 3. The molecule has 0 aromatic heterocycles. The molecule has 1 fully saturated rings. The fourth-order valence-corrected chi connectivity index (χ4v) is 5.45. The number of esters is 1. The van der Waals surface area contributed by atoms with Crippen molar-refractivity contribution in [3.63, 3.8) is 0 Å². The first kappa shape index (κ1) is 37.2. The van der Waals surface area contributed by atoms with Crippen molar-refractivity contribution in [1.82, 2.24) is 5.32 Å². The van der Waals surface area contributed by atoms with Gasteiger partial charge in [0.15, 0.2) is 0 Å². The Kier molecular flexibility index (Phi) is 15.6. The Morgan fingerprint density at radius 2 is 1.74 bits per heavy atom. The standard InChI is InChI=1S/C30H39NO10S.Na/c1-19-23(32)17-30(29(38)39-2,40-14-6-15-42-16-13-25(34)35)41-27(19)26(36)24(33)18-31-28(37)22-11-9-21(10-12-22)20-7-4-3-5-8-20;/h3-5,7-12,19,23-24,26-27,32-33,36H,6,13-18H2,1-2H3,(H,31,37)(H,34,35);/q;+1/p-1/t19-,23-,24-,26-,27?,30-;/m1./s1. The van der Waals surface area contributed by atoms with E-state index in [1.54, 1.807) is 19.1 Å². The minimum absolute atomic E-state index is 0. The summed E-state index contributed by atoms with van der Waals surface area (Å²) in [5, 5.41) is 45.6. The van der Waals surface area contributed by atoms with Gasteiger partial charge in [0, 0.05) is 30.4 Å². The zero-order valence-electron chi connectivity index (χ0n) is 24.6. The van der Waals surface area contributed by atoms with Crippen LogP contribution in [0.1, 0.15) is 36.5 Å². The molecule has 1 amide bonds. The number of carbonyl (C=O) groups excluding carboxylic acids is 3. The second-order valence-electron chi connectivity index (χ2n) is 10.1. The van der Waals surface area contributed by atoms with Crippen molar-refractivity contribution in [3.8, 4) is 11.1 Å². The van der Waals surface area contributed by atoms with Crippen molar-refractivity contribution in [2.45, 2.75) is 56.4 Å². The molecule has 0 aliphatic carbocycles. The molecule has 0 bridgehead atoms. The van der Waals surface area contributed by atoms with E-state index in [4.69, 9.17) is 14.2 Å². The molecule has 0 saturated carbocycles. The summed E-state index contributed by atoms with van der Waals surface area (Å²) in [7, 11) is 1.14. The normalized spacial score (nSPS) is 23.0. The molecule has 2 aromatic rings. The van der Waals surface area contributed by atoms with Gasteiger partial charge in [-0.25, -0.2) is 4.79 Å². The Balaban J connectivity index is 0.00000645. The molecule has 4 N–H and O–H groups in total. The van der Waals surface area contributed by atoms with Crippen LogP contribution in [0.2, 0.25) is 0 Å². The number of methoxy groups -OCH3 is 1. The van der Waals surface area contributed by atoms with Crippen LogP contribution in [0.5, 0.6) is 0 Å². The third-order valence-corrected chi connectivity index (χ3v) is 8.17. The summed E-state index contributed by atoms with van der Waals surface area (Å²) in [5.74, 6) is -4.29. The summed E-state index contributed by atoms with van der Waals surface area (Å²) in [5.41, 5.74) is 2.31. The fraction of sp³-hybridized carbons (Fsp3) is 0.500. The van der Waals surface area contributed by atoms with Crippen molar-refractivity contribution >= 4 is 29.6 Å². The molecule has 0 spiro atoms. The maximum absolute atomic E-state index is 12.7. The largest absolute Gasteiger partial charge is 1.00 e. The van der Waals surface area contributed by atoms with Gasteiger partial charge in [0.05, 0.1) is 32.0 Å². The summed E-state index contributed by atoms with van der Waals surface area (Å²) < 4.78 is 16.6.